The van der Waals surface area contributed by atoms with Crippen molar-refractivity contribution in [2.24, 2.45) is 0 Å². The van der Waals surface area contributed by atoms with Crippen molar-refractivity contribution in [1.29, 1.82) is 0 Å². The van der Waals surface area contributed by atoms with Gasteiger partial charge in [-0.25, -0.2) is 0 Å². The first kappa shape index (κ1) is 23.5. The van der Waals surface area contributed by atoms with Crippen LogP contribution in [0.15, 0.2) is 30.5 Å². The Hall–Kier alpha value is -1.64. The van der Waals surface area contributed by atoms with Crippen LogP contribution in [0.5, 0.6) is 0 Å². The maximum absolute atomic E-state index is 10.2. The lowest BCUT2D eigenvalue weighted by molar-refractivity contribution is -0.309. The molecule has 2 fully saturated rings. The highest BCUT2D eigenvalue weighted by Gasteiger charge is 2.50. The Labute approximate surface area is 183 Å². The molecule has 32 heavy (non-hydrogen) atoms. The number of rotatable bonds is 8. The molecule has 0 radical (unpaired) electrons. The summed E-state index contributed by atoms with van der Waals surface area (Å²) in [6.07, 6.45) is -7.16. The van der Waals surface area contributed by atoms with E-state index >= 15 is 0 Å². The Morgan fingerprint density at radius 3 is 2.56 bits per heavy atom. The SMILES string of the molecule is OCC1(O)COC(OCC2OC(OCCc3c[nH]c4ccccc34)C(O)C(O)C2O)C1O. The van der Waals surface area contributed by atoms with Crippen LogP contribution in [0.4, 0.5) is 0 Å². The standard InChI is InChI=1S/C21H29NO10/c23-9-21(28)10-31-20(18(21)27)30-8-14-15(24)16(25)17(26)19(32-14)29-6-5-11-7-22-13-4-2-1-3-12(11)13/h1-4,7,14-20,22-28H,5-6,8-10H2. The second-order valence-electron chi connectivity index (χ2n) is 8.21. The molecule has 0 aliphatic carbocycles. The lowest BCUT2D eigenvalue weighted by Crippen LogP contribution is -2.59. The summed E-state index contributed by atoms with van der Waals surface area (Å²) in [6.45, 7) is -1.18. The summed E-state index contributed by atoms with van der Waals surface area (Å²) in [5, 5.41) is 61.0. The minimum Gasteiger partial charge on any atom is -0.393 e. The van der Waals surface area contributed by atoms with Crippen molar-refractivity contribution in [2.45, 2.75) is 55.1 Å². The van der Waals surface area contributed by atoms with Gasteiger partial charge in [0.1, 0.15) is 36.1 Å². The summed E-state index contributed by atoms with van der Waals surface area (Å²) in [5.74, 6) is 0. The zero-order chi connectivity index (χ0) is 22.9. The molecule has 8 atom stereocenters. The fourth-order valence-electron chi connectivity index (χ4n) is 3.94. The third kappa shape index (κ3) is 4.54. The first-order valence-electron chi connectivity index (χ1n) is 10.4. The van der Waals surface area contributed by atoms with Crippen molar-refractivity contribution in [2.75, 3.05) is 26.4 Å². The third-order valence-electron chi connectivity index (χ3n) is 6.00. The van der Waals surface area contributed by atoms with Crippen molar-refractivity contribution in [3.8, 4) is 0 Å². The second-order valence-corrected chi connectivity index (χ2v) is 8.21. The molecular formula is C21H29NO10. The maximum atomic E-state index is 10.2. The van der Waals surface area contributed by atoms with Gasteiger partial charge >= 0.3 is 0 Å². The molecule has 0 spiro atoms. The van der Waals surface area contributed by atoms with E-state index in [1.165, 1.54) is 0 Å². The van der Waals surface area contributed by atoms with Gasteiger partial charge in [0.2, 0.25) is 0 Å². The van der Waals surface area contributed by atoms with E-state index in [0.29, 0.717) is 6.42 Å². The molecule has 2 saturated heterocycles. The normalized spacial score (nSPS) is 37.9. The monoisotopic (exact) mass is 455 g/mol. The fraction of sp³-hybridized carbons (Fsp3) is 0.619. The quantitative estimate of drug-likeness (QED) is 0.236. The summed E-state index contributed by atoms with van der Waals surface area (Å²) >= 11 is 0. The molecule has 2 aliphatic rings. The van der Waals surface area contributed by atoms with Crippen LogP contribution in [0.3, 0.4) is 0 Å². The Balaban J connectivity index is 1.32. The molecule has 3 heterocycles. The van der Waals surface area contributed by atoms with Gasteiger partial charge in [0, 0.05) is 17.1 Å². The molecule has 7 N–H and O–H groups in total. The van der Waals surface area contributed by atoms with E-state index in [9.17, 15) is 30.6 Å². The Bertz CT molecular complexity index is 892. The number of hydrogen-bond donors (Lipinski definition) is 7. The number of nitrogens with one attached hydrogen (secondary N) is 1. The molecular weight excluding hydrogens is 426 g/mol. The van der Waals surface area contributed by atoms with Crippen LogP contribution >= 0.6 is 0 Å². The van der Waals surface area contributed by atoms with Crippen LogP contribution in [-0.2, 0) is 25.4 Å². The first-order valence-corrected chi connectivity index (χ1v) is 10.4. The lowest BCUT2D eigenvalue weighted by atomic mass is 9.99. The molecule has 0 amide bonds. The number of para-hydroxylation sites is 1. The van der Waals surface area contributed by atoms with Gasteiger partial charge in [-0.2, -0.15) is 0 Å². The molecule has 0 saturated carbocycles. The van der Waals surface area contributed by atoms with Crippen LogP contribution < -0.4 is 0 Å². The van der Waals surface area contributed by atoms with Gasteiger partial charge in [-0.1, -0.05) is 18.2 Å². The van der Waals surface area contributed by atoms with Crippen molar-refractivity contribution in [1.82, 2.24) is 4.98 Å². The summed E-state index contributed by atoms with van der Waals surface area (Å²) in [5.41, 5.74) is 0.173. The van der Waals surface area contributed by atoms with Crippen LogP contribution in [0.1, 0.15) is 5.56 Å². The van der Waals surface area contributed by atoms with Crippen molar-refractivity contribution < 1.29 is 49.6 Å². The van der Waals surface area contributed by atoms with Gasteiger partial charge in [-0.3, -0.25) is 0 Å². The van der Waals surface area contributed by atoms with Crippen molar-refractivity contribution in [3.05, 3.63) is 36.0 Å². The zero-order valence-electron chi connectivity index (χ0n) is 17.3. The van der Waals surface area contributed by atoms with Crippen LogP contribution in [-0.4, -0.2) is 111 Å². The molecule has 178 valence electrons. The number of aliphatic hydroxyl groups is 6. The number of hydrogen-bond acceptors (Lipinski definition) is 10. The predicted octanol–water partition coefficient (Wildman–Crippen LogP) is -2.01. The second kappa shape index (κ2) is 9.69. The van der Waals surface area contributed by atoms with E-state index in [0.717, 1.165) is 16.5 Å². The molecule has 1 aromatic carbocycles. The topological polar surface area (TPSA) is 174 Å². The summed E-state index contributed by atoms with van der Waals surface area (Å²) in [4.78, 5) is 3.17. The molecule has 0 bridgehead atoms. The minimum absolute atomic E-state index is 0.188. The largest absolute Gasteiger partial charge is 0.393 e. The molecule has 8 unspecified atom stereocenters. The summed E-state index contributed by atoms with van der Waals surface area (Å²) < 4.78 is 21.8. The van der Waals surface area contributed by atoms with Crippen LogP contribution in [0.25, 0.3) is 10.9 Å². The highest BCUT2D eigenvalue weighted by atomic mass is 16.7. The maximum Gasteiger partial charge on any atom is 0.186 e. The van der Waals surface area contributed by atoms with E-state index in [-0.39, 0.29) is 19.8 Å². The fourth-order valence-corrected chi connectivity index (χ4v) is 3.94. The Kier molecular flexibility index (Phi) is 7.12. The van der Waals surface area contributed by atoms with E-state index in [4.69, 9.17) is 18.9 Å². The molecule has 2 aliphatic heterocycles. The highest BCUT2D eigenvalue weighted by Crippen LogP contribution is 2.28. The van der Waals surface area contributed by atoms with E-state index < -0.39 is 55.3 Å². The van der Waals surface area contributed by atoms with Gasteiger partial charge in [0.25, 0.3) is 0 Å². The summed E-state index contributed by atoms with van der Waals surface area (Å²) in [7, 11) is 0. The number of aromatic nitrogens is 1. The van der Waals surface area contributed by atoms with Gasteiger partial charge in [-0.15, -0.1) is 0 Å². The van der Waals surface area contributed by atoms with Crippen molar-refractivity contribution >= 4 is 10.9 Å². The minimum atomic E-state index is -1.85. The number of aliphatic hydroxyl groups excluding tert-OH is 5. The van der Waals surface area contributed by atoms with E-state index in [1.807, 2.05) is 30.5 Å². The number of aromatic amines is 1. The number of fused-ring (bicyclic) bond motifs is 1. The predicted molar refractivity (Wildman–Crippen MR) is 108 cm³/mol. The average Bonchev–Trinajstić information content (AvgIpc) is 3.34. The lowest BCUT2D eigenvalue weighted by Gasteiger charge is -2.40. The van der Waals surface area contributed by atoms with E-state index in [2.05, 4.69) is 4.98 Å². The number of ether oxygens (including phenoxy) is 4. The van der Waals surface area contributed by atoms with Gasteiger partial charge in [0.15, 0.2) is 12.6 Å². The number of H-pyrrole nitrogens is 1. The number of benzene rings is 1. The molecule has 4 rings (SSSR count). The zero-order valence-corrected chi connectivity index (χ0v) is 17.3. The summed E-state index contributed by atoms with van der Waals surface area (Å²) in [6, 6.07) is 7.81. The van der Waals surface area contributed by atoms with E-state index in [1.54, 1.807) is 0 Å². The molecule has 2 aromatic rings. The Morgan fingerprint density at radius 1 is 1.03 bits per heavy atom. The van der Waals surface area contributed by atoms with Gasteiger partial charge in [0.05, 0.1) is 26.4 Å². The molecule has 11 heteroatoms. The van der Waals surface area contributed by atoms with Crippen LogP contribution in [0.2, 0.25) is 0 Å². The van der Waals surface area contributed by atoms with Gasteiger partial charge < -0.3 is 54.6 Å². The first-order chi connectivity index (χ1) is 15.3. The van der Waals surface area contributed by atoms with Gasteiger partial charge in [-0.05, 0) is 18.1 Å². The van der Waals surface area contributed by atoms with Crippen LogP contribution in [0, 0.1) is 0 Å². The average molecular weight is 455 g/mol. The highest BCUT2D eigenvalue weighted by molar-refractivity contribution is 5.83. The third-order valence-corrected chi connectivity index (χ3v) is 6.00. The molecule has 11 nitrogen and oxygen atoms in total. The molecule has 1 aromatic heterocycles. The smallest absolute Gasteiger partial charge is 0.186 e. The van der Waals surface area contributed by atoms with Crippen molar-refractivity contribution in [3.63, 3.8) is 0 Å². The Morgan fingerprint density at radius 2 is 1.81 bits per heavy atom.